The van der Waals surface area contributed by atoms with E-state index < -0.39 is 0 Å². The normalized spacial score (nSPS) is 11.6. The van der Waals surface area contributed by atoms with Crippen LogP contribution in [0.5, 0.6) is 0 Å². The lowest BCUT2D eigenvalue weighted by Gasteiger charge is -2.14. The van der Waals surface area contributed by atoms with Crippen LogP contribution in [0.2, 0.25) is 0 Å². The van der Waals surface area contributed by atoms with Gasteiger partial charge in [0.2, 0.25) is 0 Å². The van der Waals surface area contributed by atoms with E-state index in [1.807, 2.05) is 72.8 Å². The van der Waals surface area contributed by atoms with E-state index in [0.717, 1.165) is 88.1 Å². The lowest BCUT2D eigenvalue weighted by molar-refractivity contribution is 0.673. The Hall–Kier alpha value is -7.08. The number of nitriles is 2. The van der Waals surface area contributed by atoms with Crippen LogP contribution in [0.1, 0.15) is 11.1 Å². The van der Waals surface area contributed by atoms with Crippen molar-refractivity contribution in [2.24, 2.45) is 0 Å². The maximum atomic E-state index is 10.3. The zero-order valence-electron chi connectivity index (χ0n) is 26.1. The van der Waals surface area contributed by atoms with Gasteiger partial charge < -0.3 is 13.6 Å². The van der Waals surface area contributed by atoms with Crippen LogP contribution in [-0.4, -0.2) is 9.13 Å². The smallest absolute Gasteiger partial charge is 0.145 e. The fourth-order valence-corrected chi connectivity index (χ4v) is 7.66. The van der Waals surface area contributed by atoms with Crippen molar-refractivity contribution < 1.29 is 4.42 Å². The van der Waals surface area contributed by atoms with E-state index >= 15 is 0 Å². The molecule has 0 fully saturated rings. The molecule has 10 rings (SSSR count). The summed E-state index contributed by atoms with van der Waals surface area (Å²) in [6.45, 7) is 0. The molecular formula is C44H24N4O. The second-order valence-corrected chi connectivity index (χ2v) is 12.4. The van der Waals surface area contributed by atoms with E-state index in [1.165, 1.54) is 0 Å². The first-order chi connectivity index (χ1) is 24.2. The molecule has 0 saturated heterocycles. The predicted molar refractivity (Wildman–Crippen MR) is 197 cm³/mol. The average Bonchev–Trinajstić information content (AvgIpc) is 3.82. The molecule has 10 aromatic rings. The Morgan fingerprint density at radius 2 is 1.12 bits per heavy atom. The Kier molecular flexibility index (Phi) is 5.64. The summed E-state index contributed by atoms with van der Waals surface area (Å²) in [5, 5.41) is 27.1. The zero-order chi connectivity index (χ0) is 32.6. The first-order valence-electron chi connectivity index (χ1n) is 16.1. The molecule has 3 heterocycles. The van der Waals surface area contributed by atoms with Gasteiger partial charge >= 0.3 is 0 Å². The molecule has 0 radical (unpaired) electrons. The van der Waals surface area contributed by atoms with Gasteiger partial charge in [0.25, 0.3) is 0 Å². The minimum Gasteiger partial charge on any atom is -0.455 e. The van der Waals surface area contributed by atoms with Crippen LogP contribution in [0, 0.1) is 22.7 Å². The Labute approximate surface area is 280 Å². The highest BCUT2D eigenvalue weighted by Crippen LogP contribution is 2.41. The van der Waals surface area contributed by atoms with E-state index in [1.54, 1.807) is 0 Å². The van der Waals surface area contributed by atoms with E-state index in [0.29, 0.717) is 11.1 Å². The SMILES string of the molecule is N#Cc1cc(-c2ccc(C#N)c(-n3c4ccccc4c4ccccc43)c2)cc(-n2c3ccccc3c3c4oc5ccccc5c4ccc32)c1. The lowest BCUT2D eigenvalue weighted by atomic mass is 9.99. The number of fused-ring (bicyclic) bond motifs is 10. The summed E-state index contributed by atoms with van der Waals surface area (Å²) >= 11 is 0. The molecule has 3 aromatic heterocycles. The third kappa shape index (κ3) is 3.85. The van der Waals surface area contributed by atoms with Gasteiger partial charge in [-0.15, -0.1) is 0 Å². The Bertz CT molecular complexity index is 3030. The monoisotopic (exact) mass is 624 g/mol. The average molecular weight is 625 g/mol. The molecule has 5 heteroatoms. The molecule has 0 N–H and O–H groups in total. The molecule has 0 spiro atoms. The van der Waals surface area contributed by atoms with Crippen LogP contribution in [-0.2, 0) is 0 Å². The Morgan fingerprint density at radius 3 is 1.84 bits per heavy atom. The van der Waals surface area contributed by atoms with Gasteiger partial charge in [-0.05, 0) is 77.9 Å². The molecule has 0 aliphatic carbocycles. The number of hydrogen-bond donors (Lipinski definition) is 0. The highest BCUT2D eigenvalue weighted by molar-refractivity contribution is 6.23. The van der Waals surface area contributed by atoms with Crippen molar-refractivity contribution in [2.75, 3.05) is 0 Å². The van der Waals surface area contributed by atoms with E-state index in [4.69, 9.17) is 4.42 Å². The second-order valence-electron chi connectivity index (χ2n) is 12.4. The van der Waals surface area contributed by atoms with Crippen LogP contribution in [0.3, 0.4) is 0 Å². The first kappa shape index (κ1) is 27.1. The minimum atomic E-state index is 0.547. The van der Waals surface area contributed by atoms with Crippen molar-refractivity contribution >= 4 is 65.6 Å². The van der Waals surface area contributed by atoms with Crippen molar-refractivity contribution in [2.45, 2.75) is 0 Å². The molecular weight excluding hydrogens is 601 g/mol. The highest BCUT2D eigenvalue weighted by Gasteiger charge is 2.20. The van der Waals surface area contributed by atoms with Crippen LogP contribution in [0.15, 0.2) is 150 Å². The van der Waals surface area contributed by atoms with Crippen LogP contribution in [0.4, 0.5) is 0 Å². The second kappa shape index (κ2) is 10.2. The maximum absolute atomic E-state index is 10.3. The summed E-state index contributed by atoms with van der Waals surface area (Å²) < 4.78 is 10.9. The van der Waals surface area contributed by atoms with Gasteiger partial charge in [0.05, 0.1) is 50.3 Å². The fraction of sp³-hybridized carbons (Fsp3) is 0. The lowest BCUT2D eigenvalue weighted by Crippen LogP contribution is -1.99. The molecule has 0 aliphatic heterocycles. The molecule has 0 aliphatic rings. The van der Waals surface area contributed by atoms with Gasteiger partial charge in [0, 0.05) is 32.6 Å². The van der Waals surface area contributed by atoms with E-state index in [2.05, 4.69) is 94.1 Å². The number of aromatic nitrogens is 2. The van der Waals surface area contributed by atoms with Crippen molar-refractivity contribution in [1.29, 1.82) is 10.5 Å². The summed E-state index contributed by atoms with van der Waals surface area (Å²) in [6.07, 6.45) is 0. The summed E-state index contributed by atoms with van der Waals surface area (Å²) in [4.78, 5) is 0. The summed E-state index contributed by atoms with van der Waals surface area (Å²) in [6, 6.07) is 54.1. The summed E-state index contributed by atoms with van der Waals surface area (Å²) in [5.74, 6) is 0. The molecule has 49 heavy (non-hydrogen) atoms. The maximum Gasteiger partial charge on any atom is 0.145 e. The predicted octanol–water partition coefficient (Wildman–Crippen LogP) is 11.2. The fourth-order valence-electron chi connectivity index (χ4n) is 7.66. The van der Waals surface area contributed by atoms with Gasteiger partial charge in [-0.1, -0.05) is 78.9 Å². The van der Waals surface area contributed by atoms with Crippen molar-refractivity contribution in [3.05, 3.63) is 157 Å². The number of rotatable bonds is 3. The van der Waals surface area contributed by atoms with Crippen molar-refractivity contribution in [3.8, 4) is 34.6 Å². The standard InChI is InChI=1S/C44H24N4O/c45-25-27-21-30(28-17-18-29(26-46)41(24-28)48-37-13-5-1-9-32(37)33-10-2-6-14-38(33)48)23-31(22-27)47-39-15-7-3-12-36(39)43-40(47)20-19-35-34-11-4-8-16-42(34)49-44(35)43/h1-24H. The van der Waals surface area contributed by atoms with Crippen LogP contribution in [0.25, 0.3) is 88.1 Å². The minimum absolute atomic E-state index is 0.547. The van der Waals surface area contributed by atoms with Crippen molar-refractivity contribution in [1.82, 2.24) is 9.13 Å². The molecule has 0 bridgehead atoms. The topological polar surface area (TPSA) is 70.6 Å². The zero-order valence-corrected chi connectivity index (χ0v) is 26.1. The number of hydrogen-bond acceptors (Lipinski definition) is 3. The van der Waals surface area contributed by atoms with E-state index in [9.17, 15) is 10.5 Å². The number of furan rings is 1. The number of nitrogens with zero attached hydrogens (tertiary/aromatic N) is 4. The van der Waals surface area contributed by atoms with Crippen LogP contribution < -0.4 is 0 Å². The van der Waals surface area contributed by atoms with Gasteiger partial charge in [-0.25, -0.2) is 0 Å². The van der Waals surface area contributed by atoms with Gasteiger partial charge in [0.1, 0.15) is 17.2 Å². The molecule has 0 amide bonds. The largest absolute Gasteiger partial charge is 0.455 e. The van der Waals surface area contributed by atoms with E-state index in [-0.39, 0.29) is 0 Å². The summed E-state index contributed by atoms with van der Waals surface area (Å²) in [5.41, 5.74) is 10.4. The number of para-hydroxylation sites is 4. The Balaban J connectivity index is 1.23. The molecule has 0 atom stereocenters. The molecule has 0 unspecified atom stereocenters. The molecule has 7 aromatic carbocycles. The van der Waals surface area contributed by atoms with Gasteiger partial charge in [-0.3, -0.25) is 0 Å². The molecule has 0 saturated carbocycles. The quantitative estimate of drug-likeness (QED) is 0.196. The van der Waals surface area contributed by atoms with Crippen LogP contribution >= 0.6 is 0 Å². The first-order valence-corrected chi connectivity index (χ1v) is 16.1. The number of benzene rings is 7. The summed E-state index contributed by atoms with van der Waals surface area (Å²) in [7, 11) is 0. The third-order valence-electron chi connectivity index (χ3n) is 9.76. The van der Waals surface area contributed by atoms with Gasteiger partial charge in [0.15, 0.2) is 0 Å². The molecule has 226 valence electrons. The van der Waals surface area contributed by atoms with Gasteiger partial charge in [-0.2, -0.15) is 10.5 Å². The Morgan fingerprint density at radius 1 is 0.469 bits per heavy atom. The van der Waals surface area contributed by atoms with Crippen molar-refractivity contribution in [3.63, 3.8) is 0 Å². The third-order valence-corrected chi connectivity index (χ3v) is 9.76. The highest BCUT2D eigenvalue weighted by atomic mass is 16.3. The molecule has 5 nitrogen and oxygen atoms in total.